The first-order chi connectivity index (χ1) is 5.95. The second-order valence-corrected chi connectivity index (χ2v) is 3.20. The molecule has 0 aromatic carbocycles. The summed E-state index contributed by atoms with van der Waals surface area (Å²) in [6.45, 7) is 2.00. The Balaban J connectivity index is 2.74. The van der Waals surface area contributed by atoms with Crippen molar-refractivity contribution >= 4 is 5.84 Å². The smallest absolute Gasteiger partial charge is 0.356 e. The Morgan fingerprint density at radius 1 is 1.46 bits per heavy atom. The number of rotatable bonds is 2. The van der Waals surface area contributed by atoms with Gasteiger partial charge in [0.2, 0.25) is 5.84 Å². The fraction of sp³-hybridized carbons (Fsp3) is 0.875. The highest BCUT2D eigenvalue weighted by Crippen LogP contribution is 2.28. The lowest BCUT2D eigenvalue weighted by Crippen LogP contribution is -2.38. The van der Waals surface area contributed by atoms with E-state index in [1.54, 1.807) is 6.92 Å². The van der Waals surface area contributed by atoms with Crippen molar-refractivity contribution in [2.24, 2.45) is 4.99 Å². The second-order valence-electron chi connectivity index (χ2n) is 3.20. The van der Waals surface area contributed by atoms with Crippen molar-refractivity contribution in [2.75, 3.05) is 13.6 Å². The molecule has 1 fully saturated rings. The Hall–Kier alpha value is -0.740. The van der Waals surface area contributed by atoms with Gasteiger partial charge in [-0.1, -0.05) is 0 Å². The van der Waals surface area contributed by atoms with Crippen LogP contribution in [-0.4, -0.2) is 36.5 Å². The molecule has 0 N–H and O–H groups in total. The van der Waals surface area contributed by atoms with Gasteiger partial charge in [-0.2, -0.15) is 13.2 Å². The van der Waals surface area contributed by atoms with Gasteiger partial charge in [0.25, 0.3) is 0 Å². The van der Waals surface area contributed by atoms with Crippen molar-refractivity contribution in [3.8, 4) is 0 Å². The lowest BCUT2D eigenvalue weighted by atomic mass is 10.4. The number of aliphatic imine (C=N–C) groups is 1. The molecule has 0 atom stereocenters. The molecule has 0 amide bonds. The minimum atomic E-state index is -4.31. The molecule has 0 radical (unpaired) electrons. The van der Waals surface area contributed by atoms with Crippen LogP contribution < -0.4 is 0 Å². The van der Waals surface area contributed by atoms with Crippen LogP contribution in [-0.2, 0) is 0 Å². The standard InChI is InChI=1S/C8H13F3N2/c1-3-13(2)7(8(9,10)11)12-6-4-5-6/h6H,3-5H2,1-2H3. The first-order valence-corrected chi connectivity index (χ1v) is 4.31. The van der Waals surface area contributed by atoms with Crippen molar-refractivity contribution in [1.82, 2.24) is 4.90 Å². The van der Waals surface area contributed by atoms with Gasteiger partial charge >= 0.3 is 6.18 Å². The number of halogens is 3. The molecule has 0 aliphatic heterocycles. The van der Waals surface area contributed by atoms with Crippen molar-refractivity contribution in [3.05, 3.63) is 0 Å². The van der Waals surface area contributed by atoms with E-state index in [1.807, 2.05) is 0 Å². The van der Waals surface area contributed by atoms with Gasteiger partial charge < -0.3 is 4.90 Å². The monoisotopic (exact) mass is 194 g/mol. The summed E-state index contributed by atoms with van der Waals surface area (Å²) in [5.41, 5.74) is 0. The van der Waals surface area contributed by atoms with Gasteiger partial charge in [0.15, 0.2) is 0 Å². The maximum atomic E-state index is 12.4. The average molecular weight is 194 g/mol. The van der Waals surface area contributed by atoms with Crippen LogP contribution in [0.15, 0.2) is 4.99 Å². The highest BCUT2D eigenvalue weighted by molar-refractivity contribution is 5.87. The molecule has 5 heteroatoms. The molecule has 1 aliphatic rings. The van der Waals surface area contributed by atoms with Gasteiger partial charge in [0, 0.05) is 13.6 Å². The molecule has 0 spiro atoms. The van der Waals surface area contributed by atoms with Gasteiger partial charge in [-0.15, -0.1) is 0 Å². The Morgan fingerprint density at radius 2 is 2.00 bits per heavy atom. The van der Waals surface area contributed by atoms with E-state index >= 15 is 0 Å². The summed E-state index contributed by atoms with van der Waals surface area (Å²) >= 11 is 0. The molecular weight excluding hydrogens is 181 g/mol. The van der Waals surface area contributed by atoms with E-state index in [9.17, 15) is 13.2 Å². The maximum absolute atomic E-state index is 12.4. The second kappa shape index (κ2) is 3.55. The summed E-state index contributed by atoms with van der Waals surface area (Å²) in [6.07, 6.45) is -2.73. The molecular formula is C8H13F3N2. The average Bonchev–Trinajstić information content (AvgIpc) is 2.80. The number of alkyl halides is 3. The first kappa shape index (κ1) is 10.3. The molecule has 0 bridgehead atoms. The van der Waals surface area contributed by atoms with E-state index in [1.165, 1.54) is 7.05 Å². The summed E-state index contributed by atoms with van der Waals surface area (Å²) in [7, 11) is 1.41. The largest absolute Gasteiger partial charge is 0.449 e. The van der Waals surface area contributed by atoms with E-state index in [2.05, 4.69) is 4.99 Å². The summed E-state index contributed by atoms with van der Waals surface area (Å²) in [5, 5.41) is 0. The summed E-state index contributed by atoms with van der Waals surface area (Å²) < 4.78 is 37.1. The van der Waals surface area contributed by atoms with Crippen LogP contribution in [0.3, 0.4) is 0 Å². The summed E-state index contributed by atoms with van der Waals surface area (Å²) in [5.74, 6) is -0.738. The minimum absolute atomic E-state index is 0.0920. The van der Waals surface area contributed by atoms with Crippen molar-refractivity contribution in [2.45, 2.75) is 32.0 Å². The molecule has 1 aliphatic carbocycles. The van der Waals surface area contributed by atoms with E-state index < -0.39 is 12.0 Å². The molecule has 1 saturated carbocycles. The molecule has 0 aromatic rings. The molecule has 1 rings (SSSR count). The molecule has 0 heterocycles. The number of hydrogen-bond donors (Lipinski definition) is 0. The Morgan fingerprint density at radius 3 is 2.31 bits per heavy atom. The van der Waals surface area contributed by atoms with Crippen molar-refractivity contribution in [1.29, 1.82) is 0 Å². The molecule has 13 heavy (non-hydrogen) atoms. The van der Waals surface area contributed by atoms with Crippen LogP contribution in [0.25, 0.3) is 0 Å². The zero-order valence-corrected chi connectivity index (χ0v) is 7.73. The third-order valence-corrected chi connectivity index (χ3v) is 1.94. The van der Waals surface area contributed by atoms with Crippen molar-refractivity contribution < 1.29 is 13.2 Å². The van der Waals surface area contributed by atoms with Gasteiger partial charge in [-0.25, -0.2) is 0 Å². The third-order valence-electron chi connectivity index (χ3n) is 1.94. The summed E-state index contributed by atoms with van der Waals surface area (Å²) in [6, 6.07) is -0.0920. The minimum Gasteiger partial charge on any atom is -0.356 e. The summed E-state index contributed by atoms with van der Waals surface area (Å²) in [4.78, 5) is 4.78. The van der Waals surface area contributed by atoms with E-state index in [4.69, 9.17) is 0 Å². The topological polar surface area (TPSA) is 15.6 Å². The number of hydrogen-bond acceptors (Lipinski definition) is 1. The zero-order valence-electron chi connectivity index (χ0n) is 7.73. The zero-order chi connectivity index (χ0) is 10.1. The molecule has 2 nitrogen and oxygen atoms in total. The predicted octanol–water partition coefficient (Wildman–Crippen LogP) is 2.06. The lowest BCUT2D eigenvalue weighted by Gasteiger charge is -2.21. The van der Waals surface area contributed by atoms with Gasteiger partial charge in [-0.05, 0) is 19.8 Å². The fourth-order valence-electron chi connectivity index (χ4n) is 0.915. The Kier molecular flexibility index (Phi) is 2.83. The molecule has 76 valence electrons. The highest BCUT2D eigenvalue weighted by Gasteiger charge is 2.39. The van der Waals surface area contributed by atoms with Crippen LogP contribution in [0.4, 0.5) is 13.2 Å². The highest BCUT2D eigenvalue weighted by atomic mass is 19.4. The van der Waals surface area contributed by atoms with E-state index in [-0.39, 0.29) is 6.04 Å². The molecule has 0 aromatic heterocycles. The lowest BCUT2D eigenvalue weighted by molar-refractivity contribution is -0.0679. The van der Waals surface area contributed by atoms with Gasteiger partial charge in [0.1, 0.15) is 0 Å². The van der Waals surface area contributed by atoms with Crippen LogP contribution in [0.2, 0.25) is 0 Å². The Labute approximate surface area is 75.4 Å². The van der Waals surface area contributed by atoms with E-state index in [0.717, 1.165) is 17.7 Å². The van der Waals surface area contributed by atoms with Gasteiger partial charge in [0.05, 0.1) is 6.04 Å². The number of nitrogens with zero attached hydrogens (tertiary/aromatic N) is 2. The maximum Gasteiger partial charge on any atom is 0.449 e. The molecule has 0 saturated heterocycles. The van der Waals surface area contributed by atoms with Gasteiger partial charge in [-0.3, -0.25) is 4.99 Å². The van der Waals surface area contributed by atoms with Crippen LogP contribution >= 0.6 is 0 Å². The van der Waals surface area contributed by atoms with Crippen molar-refractivity contribution in [3.63, 3.8) is 0 Å². The normalized spacial score (nSPS) is 19.0. The predicted molar refractivity (Wildman–Crippen MR) is 44.8 cm³/mol. The fourth-order valence-corrected chi connectivity index (χ4v) is 0.915. The quantitative estimate of drug-likeness (QED) is 0.485. The molecule has 0 unspecified atom stereocenters. The first-order valence-electron chi connectivity index (χ1n) is 4.31. The number of amidine groups is 1. The van der Waals surface area contributed by atoms with Crippen LogP contribution in [0.5, 0.6) is 0 Å². The SMILES string of the molecule is CCN(C)C(=NC1CC1)C(F)(F)F. The van der Waals surface area contributed by atoms with Crippen LogP contribution in [0, 0.1) is 0 Å². The Bertz CT molecular complexity index is 206. The van der Waals surface area contributed by atoms with Crippen LogP contribution in [0.1, 0.15) is 19.8 Å². The third kappa shape index (κ3) is 2.90. The van der Waals surface area contributed by atoms with E-state index in [0.29, 0.717) is 6.54 Å².